The third-order valence-electron chi connectivity index (χ3n) is 3.09. The first-order valence-corrected chi connectivity index (χ1v) is 7.24. The Bertz CT molecular complexity index is 704. The molecule has 3 rings (SSSR count). The van der Waals surface area contributed by atoms with Crippen LogP contribution in [0.4, 0.5) is 16.3 Å². The number of aromatic nitrogens is 1. The van der Waals surface area contributed by atoms with Gasteiger partial charge in [-0.1, -0.05) is 11.6 Å². The number of ether oxygens (including phenoxy) is 1. The van der Waals surface area contributed by atoms with Crippen molar-refractivity contribution in [3.8, 4) is 11.5 Å². The maximum Gasteiger partial charge on any atom is 0.320 e. The van der Waals surface area contributed by atoms with Crippen molar-refractivity contribution in [2.75, 3.05) is 11.1 Å². The lowest BCUT2D eigenvalue weighted by Gasteiger charge is -2.09. The molecule has 6 nitrogen and oxygen atoms in total. The summed E-state index contributed by atoms with van der Waals surface area (Å²) in [6.45, 7) is 0. The number of nitrogens with one attached hydrogen (secondary N) is 2. The van der Waals surface area contributed by atoms with E-state index in [0.29, 0.717) is 28.0 Å². The van der Waals surface area contributed by atoms with Crippen LogP contribution in [-0.2, 0) is 0 Å². The van der Waals surface area contributed by atoms with Crippen molar-refractivity contribution < 1.29 is 9.53 Å². The van der Waals surface area contributed by atoms with Crippen molar-refractivity contribution in [3.63, 3.8) is 0 Å². The number of carbonyl (C=O) groups is 1. The van der Waals surface area contributed by atoms with Crippen molar-refractivity contribution in [3.05, 3.63) is 41.6 Å². The first kappa shape index (κ1) is 14.5. The predicted molar refractivity (Wildman–Crippen MR) is 85.4 cm³/mol. The molecule has 7 heteroatoms. The molecule has 1 heterocycles. The normalized spacial score (nSPS) is 13.5. The van der Waals surface area contributed by atoms with Gasteiger partial charge in [0.15, 0.2) is 0 Å². The Hall–Kier alpha value is -2.47. The molecule has 2 aromatic rings. The molecule has 114 valence electrons. The topological polar surface area (TPSA) is 89.3 Å². The molecule has 0 atom stereocenters. The Morgan fingerprint density at radius 3 is 2.77 bits per heavy atom. The summed E-state index contributed by atoms with van der Waals surface area (Å²) in [5, 5.41) is 5.92. The van der Waals surface area contributed by atoms with Crippen LogP contribution in [0, 0.1) is 0 Å². The number of nitrogens with two attached hydrogens (primary N) is 1. The highest BCUT2D eigenvalue weighted by Gasteiger charge is 2.23. The van der Waals surface area contributed by atoms with Gasteiger partial charge in [-0.25, -0.2) is 9.78 Å². The molecule has 22 heavy (non-hydrogen) atoms. The van der Waals surface area contributed by atoms with Crippen LogP contribution in [0.15, 0.2) is 36.5 Å². The van der Waals surface area contributed by atoms with Crippen LogP contribution in [0.3, 0.4) is 0 Å². The molecule has 0 saturated heterocycles. The van der Waals surface area contributed by atoms with E-state index in [0.717, 1.165) is 12.8 Å². The predicted octanol–water partition coefficient (Wildman–Crippen LogP) is 3.39. The smallest absolute Gasteiger partial charge is 0.320 e. The second-order valence-electron chi connectivity index (χ2n) is 5.03. The maximum atomic E-state index is 11.7. The number of urea groups is 1. The molecule has 0 spiro atoms. The number of carbonyl (C=O) groups excluding carboxylic acids is 1. The summed E-state index contributed by atoms with van der Waals surface area (Å²) in [6.07, 6.45) is 3.62. The van der Waals surface area contributed by atoms with Crippen molar-refractivity contribution in [1.82, 2.24) is 10.3 Å². The van der Waals surface area contributed by atoms with Gasteiger partial charge in [-0.05, 0) is 31.0 Å². The molecule has 1 aliphatic carbocycles. The number of rotatable bonds is 4. The molecule has 1 saturated carbocycles. The average molecular weight is 319 g/mol. The van der Waals surface area contributed by atoms with Gasteiger partial charge >= 0.3 is 6.03 Å². The van der Waals surface area contributed by atoms with Crippen LogP contribution in [0.5, 0.6) is 11.5 Å². The van der Waals surface area contributed by atoms with Gasteiger partial charge in [-0.3, -0.25) is 5.32 Å². The van der Waals surface area contributed by atoms with Gasteiger partial charge in [0.2, 0.25) is 0 Å². The summed E-state index contributed by atoms with van der Waals surface area (Å²) in [7, 11) is 0. The van der Waals surface area contributed by atoms with Crippen LogP contribution in [0.25, 0.3) is 0 Å². The zero-order valence-electron chi connectivity index (χ0n) is 11.7. The van der Waals surface area contributed by atoms with Crippen LogP contribution < -0.4 is 21.1 Å². The summed E-state index contributed by atoms with van der Waals surface area (Å²) >= 11 is 5.95. The summed E-state index contributed by atoms with van der Waals surface area (Å²) in [4.78, 5) is 15.8. The highest BCUT2D eigenvalue weighted by atomic mass is 35.5. The molecule has 4 N–H and O–H groups in total. The van der Waals surface area contributed by atoms with Crippen molar-refractivity contribution in [2.24, 2.45) is 0 Å². The first-order chi connectivity index (χ1) is 10.6. The fraction of sp³-hybridized carbons (Fsp3) is 0.200. The van der Waals surface area contributed by atoms with E-state index < -0.39 is 0 Å². The Morgan fingerprint density at radius 2 is 2.05 bits per heavy atom. The molecular weight excluding hydrogens is 304 g/mol. The van der Waals surface area contributed by atoms with Gasteiger partial charge in [0.05, 0.1) is 10.7 Å². The largest absolute Gasteiger partial charge is 0.457 e. The highest BCUT2D eigenvalue weighted by Crippen LogP contribution is 2.28. The van der Waals surface area contributed by atoms with Crippen LogP contribution >= 0.6 is 11.6 Å². The standard InChI is InChI=1S/C15H15ClN4O2/c16-12-7-10(3-4-13(12)17)22-11-5-6-18-14(8-11)20-15(21)19-9-1-2-9/h3-9H,1-2,17H2,(H2,18,19,20,21). The van der Waals surface area contributed by atoms with Gasteiger partial charge in [-0.2, -0.15) is 0 Å². The summed E-state index contributed by atoms with van der Waals surface area (Å²) < 4.78 is 5.68. The molecule has 1 aromatic carbocycles. The Kier molecular flexibility index (Phi) is 4.02. The van der Waals surface area contributed by atoms with Crippen LogP contribution in [-0.4, -0.2) is 17.1 Å². The molecule has 1 aliphatic rings. The number of pyridine rings is 1. The fourth-order valence-corrected chi connectivity index (χ4v) is 1.99. The number of hydrogen-bond donors (Lipinski definition) is 3. The molecule has 1 aromatic heterocycles. The SMILES string of the molecule is Nc1ccc(Oc2ccnc(NC(=O)NC3CC3)c2)cc1Cl. The second-order valence-corrected chi connectivity index (χ2v) is 5.44. The first-order valence-electron chi connectivity index (χ1n) is 6.86. The number of hydrogen-bond acceptors (Lipinski definition) is 4. The molecule has 1 fully saturated rings. The summed E-state index contributed by atoms with van der Waals surface area (Å²) in [6, 6.07) is 8.37. The van der Waals surface area contributed by atoms with Crippen LogP contribution in [0.2, 0.25) is 5.02 Å². The lowest BCUT2D eigenvalue weighted by molar-refractivity contribution is 0.251. The van der Waals surface area contributed by atoms with E-state index >= 15 is 0 Å². The van der Waals surface area contributed by atoms with Gasteiger partial charge in [0.1, 0.15) is 17.3 Å². The molecular formula is C15H15ClN4O2. The minimum atomic E-state index is -0.261. The van der Waals surface area contributed by atoms with Gasteiger partial charge in [0.25, 0.3) is 0 Å². The molecule has 0 radical (unpaired) electrons. The van der Waals surface area contributed by atoms with Crippen molar-refractivity contribution >= 4 is 29.1 Å². The van der Waals surface area contributed by atoms with E-state index in [1.54, 1.807) is 36.5 Å². The quantitative estimate of drug-likeness (QED) is 0.754. The third-order valence-corrected chi connectivity index (χ3v) is 3.42. The van der Waals surface area contributed by atoms with E-state index in [2.05, 4.69) is 15.6 Å². The second kappa shape index (κ2) is 6.11. The number of benzene rings is 1. The lowest BCUT2D eigenvalue weighted by Crippen LogP contribution is -2.30. The summed E-state index contributed by atoms with van der Waals surface area (Å²) in [5.74, 6) is 1.51. The number of nitrogens with zero attached hydrogens (tertiary/aromatic N) is 1. The highest BCUT2D eigenvalue weighted by molar-refractivity contribution is 6.33. The number of amides is 2. The van der Waals surface area contributed by atoms with Crippen molar-refractivity contribution in [1.29, 1.82) is 0 Å². The van der Waals surface area contributed by atoms with E-state index in [1.165, 1.54) is 0 Å². The lowest BCUT2D eigenvalue weighted by atomic mass is 10.3. The molecule has 0 aliphatic heterocycles. The Balaban J connectivity index is 1.67. The van der Waals surface area contributed by atoms with Crippen LogP contribution in [0.1, 0.15) is 12.8 Å². The minimum absolute atomic E-state index is 0.261. The van der Waals surface area contributed by atoms with Gasteiger partial charge < -0.3 is 15.8 Å². The molecule has 0 unspecified atom stereocenters. The number of nitrogen functional groups attached to an aromatic ring is 1. The van der Waals surface area contributed by atoms with Crippen molar-refractivity contribution in [2.45, 2.75) is 18.9 Å². The summed E-state index contributed by atoms with van der Waals surface area (Å²) in [5.41, 5.74) is 6.14. The monoisotopic (exact) mass is 318 g/mol. The zero-order valence-corrected chi connectivity index (χ0v) is 12.4. The van der Waals surface area contributed by atoms with E-state index in [-0.39, 0.29) is 12.1 Å². The number of anilines is 2. The van der Waals surface area contributed by atoms with Gasteiger partial charge in [0, 0.05) is 24.4 Å². The van der Waals surface area contributed by atoms with E-state index in [4.69, 9.17) is 22.1 Å². The van der Waals surface area contributed by atoms with Gasteiger partial charge in [-0.15, -0.1) is 0 Å². The molecule has 0 bridgehead atoms. The zero-order chi connectivity index (χ0) is 15.5. The molecule has 2 amide bonds. The maximum absolute atomic E-state index is 11.7. The number of halogens is 1. The third kappa shape index (κ3) is 3.79. The van der Waals surface area contributed by atoms with E-state index in [1.807, 2.05) is 0 Å². The Labute approximate surface area is 132 Å². The minimum Gasteiger partial charge on any atom is -0.457 e. The Morgan fingerprint density at radius 1 is 1.27 bits per heavy atom. The average Bonchev–Trinajstić information content (AvgIpc) is 3.27. The fourth-order valence-electron chi connectivity index (χ4n) is 1.82. The van der Waals surface area contributed by atoms with E-state index in [9.17, 15) is 4.79 Å².